The van der Waals surface area contributed by atoms with Crippen molar-refractivity contribution in [3.63, 3.8) is 0 Å². The monoisotopic (exact) mass is 414 g/mol. The average molecular weight is 415 g/mol. The van der Waals surface area contributed by atoms with Crippen LogP contribution in [0, 0.1) is 0 Å². The van der Waals surface area contributed by atoms with E-state index in [2.05, 4.69) is 62.8 Å². The van der Waals surface area contributed by atoms with E-state index in [0.717, 1.165) is 48.4 Å². The van der Waals surface area contributed by atoms with E-state index in [1.165, 1.54) is 11.3 Å². The number of carbonyl (C=O) groups is 1. The lowest BCUT2D eigenvalue weighted by Crippen LogP contribution is -2.48. The van der Waals surface area contributed by atoms with Crippen LogP contribution >= 0.6 is 15.9 Å². The number of halogens is 1. The fourth-order valence-corrected chi connectivity index (χ4v) is 4.07. The summed E-state index contributed by atoms with van der Waals surface area (Å²) in [5, 5.41) is 6.63. The highest BCUT2D eigenvalue weighted by Gasteiger charge is 2.27. The molecule has 0 saturated carbocycles. The van der Waals surface area contributed by atoms with Crippen LogP contribution in [0.15, 0.2) is 46.9 Å². The van der Waals surface area contributed by atoms with E-state index in [0.29, 0.717) is 0 Å². The van der Waals surface area contributed by atoms with Gasteiger partial charge in [-0.25, -0.2) is 4.79 Å². The van der Waals surface area contributed by atoms with Crippen LogP contribution < -0.4 is 10.6 Å². The zero-order valence-electron chi connectivity index (χ0n) is 14.8. The van der Waals surface area contributed by atoms with Crippen LogP contribution in [0.3, 0.4) is 0 Å². The fourth-order valence-electron chi connectivity index (χ4n) is 3.71. The highest BCUT2D eigenvalue weighted by atomic mass is 79.9. The summed E-state index contributed by atoms with van der Waals surface area (Å²) in [6.45, 7) is 4.20. The summed E-state index contributed by atoms with van der Waals surface area (Å²) in [6.07, 6.45) is 0. The Balaban J connectivity index is 1.59. The zero-order chi connectivity index (χ0) is 18.1. The third-order valence-corrected chi connectivity index (χ3v) is 5.75. The van der Waals surface area contributed by atoms with E-state index in [1.54, 1.807) is 0 Å². The molecule has 2 heterocycles. The molecular weight excluding hydrogens is 392 g/mol. The molecule has 0 radical (unpaired) electrons. The number of para-hydroxylation sites is 1. The van der Waals surface area contributed by atoms with E-state index >= 15 is 0 Å². The minimum absolute atomic E-state index is 0.0170. The number of fused-ring (bicyclic) bond motifs is 1. The van der Waals surface area contributed by atoms with Crippen LogP contribution in [0.1, 0.15) is 17.0 Å². The molecule has 26 heavy (non-hydrogen) atoms. The SMILES string of the molecule is CN1CCN(C(=O)Nc2cc(Br)ccc2C2CNc3ccccc32)CC1. The topological polar surface area (TPSA) is 47.6 Å². The minimum atomic E-state index is -0.0170. The molecule has 0 bridgehead atoms. The number of carbonyl (C=O) groups excluding carboxylic acids is 1. The van der Waals surface area contributed by atoms with Gasteiger partial charge in [0.25, 0.3) is 0 Å². The maximum absolute atomic E-state index is 12.8. The quantitative estimate of drug-likeness (QED) is 0.785. The van der Waals surface area contributed by atoms with Gasteiger partial charge < -0.3 is 20.4 Å². The van der Waals surface area contributed by atoms with Gasteiger partial charge in [0.05, 0.1) is 0 Å². The van der Waals surface area contributed by atoms with Crippen molar-refractivity contribution in [2.45, 2.75) is 5.92 Å². The second kappa shape index (κ2) is 7.29. The van der Waals surface area contributed by atoms with E-state index in [4.69, 9.17) is 0 Å². The summed E-state index contributed by atoms with van der Waals surface area (Å²) in [4.78, 5) is 16.9. The average Bonchev–Trinajstić information content (AvgIpc) is 3.06. The van der Waals surface area contributed by atoms with Crippen molar-refractivity contribution >= 4 is 33.3 Å². The molecule has 0 spiro atoms. The first-order valence-corrected chi connectivity index (χ1v) is 9.78. The predicted octanol–water partition coefficient (Wildman–Crippen LogP) is 3.79. The van der Waals surface area contributed by atoms with Crippen molar-refractivity contribution in [3.05, 3.63) is 58.1 Å². The van der Waals surface area contributed by atoms with E-state index in [9.17, 15) is 4.79 Å². The number of anilines is 2. The molecule has 1 atom stereocenters. The number of amides is 2. The molecule has 0 aromatic heterocycles. The Morgan fingerprint density at radius 2 is 1.88 bits per heavy atom. The number of nitrogens with zero attached hydrogens (tertiary/aromatic N) is 2. The third kappa shape index (κ3) is 3.44. The van der Waals surface area contributed by atoms with Gasteiger partial charge in [0, 0.05) is 54.5 Å². The van der Waals surface area contributed by atoms with Gasteiger partial charge >= 0.3 is 6.03 Å². The van der Waals surface area contributed by atoms with Gasteiger partial charge in [-0.2, -0.15) is 0 Å². The Morgan fingerprint density at radius 1 is 1.12 bits per heavy atom. The molecule has 2 aliphatic heterocycles. The molecule has 1 unspecified atom stereocenters. The van der Waals surface area contributed by atoms with Crippen LogP contribution in [0.4, 0.5) is 16.2 Å². The Morgan fingerprint density at radius 3 is 2.69 bits per heavy atom. The number of likely N-dealkylation sites (N-methyl/N-ethyl adjacent to an activating group) is 1. The largest absolute Gasteiger partial charge is 0.384 e. The van der Waals surface area contributed by atoms with E-state index in [-0.39, 0.29) is 11.9 Å². The summed E-state index contributed by atoms with van der Waals surface area (Å²) in [7, 11) is 2.09. The second-order valence-corrected chi connectivity index (χ2v) is 7.89. The standard InChI is InChI=1S/C20H23BrN4O/c1-24-8-10-25(11-9-24)20(26)23-19-12-14(21)6-7-16(19)17-13-22-18-5-3-2-4-15(17)18/h2-7,12,17,22H,8-11,13H2,1H3,(H,23,26). The van der Waals surface area contributed by atoms with Crippen molar-refractivity contribution < 1.29 is 4.79 Å². The summed E-state index contributed by atoms with van der Waals surface area (Å²) in [5.41, 5.74) is 4.49. The normalized spacial score (nSPS) is 19.8. The van der Waals surface area contributed by atoms with Gasteiger partial charge in [0.1, 0.15) is 0 Å². The van der Waals surface area contributed by atoms with Crippen LogP contribution in [-0.4, -0.2) is 55.6 Å². The van der Waals surface area contributed by atoms with Gasteiger partial charge in [-0.05, 0) is 36.4 Å². The minimum Gasteiger partial charge on any atom is -0.384 e. The first-order chi connectivity index (χ1) is 12.6. The molecule has 5 nitrogen and oxygen atoms in total. The van der Waals surface area contributed by atoms with Gasteiger partial charge in [-0.3, -0.25) is 0 Å². The van der Waals surface area contributed by atoms with Crippen LogP contribution in [0.5, 0.6) is 0 Å². The van der Waals surface area contributed by atoms with Crippen LogP contribution in [0.25, 0.3) is 0 Å². The van der Waals surface area contributed by atoms with Crippen LogP contribution in [-0.2, 0) is 0 Å². The van der Waals surface area contributed by atoms with Gasteiger partial charge in [-0.1, -0.05) is 40.2 Å². The number of hydrogen-bond acceptors (Lipinski definition) is 3. The molecule has 2 aromatic carbocycles. The van der Waals surface area contributed by atoms with Crippen molar-refractivity contribution in [1.82, 2.24) is 9.80 Å². The highest BCUT2D eigenvalue weighted by Crippen LogP contribution is 2.39. The Kier molecular flexibility index (Phi) is 4.87. The smallest absolute Gasteiger partial charge is 0.321 e. The Labute approximate surface area is 162 Å². The highest BCUT2D eigenvalue weighted by molar-refractivity contribution is 9.10. The Bertz CT molecular complexity index is 817. The number of urea groups is 1. The number of nitrogens with one attached hydrogen (secondary N) is 2. The number of benzene rings is 2. The molecule has 6 heteroatoms. The lowest BCUT2D eigenvalue weighted by molar-refractivity contribution is 0.164. The van der Waals surface area contributed by atoms with E-state index in [1.807, 2.05) is 23.1 Å². The number of hydrogen-bond donors (Lipinski definition) is 2. The molecule has 4 rings (SSSR count). The zero-order valence-corrected chi connectivity index (χ0v) is 16.4. The molecular formula is C20H23BrN4O. The lowest BCUT2D eigenvalue weighted by atomic mass is 9.92. The molecule has 2 aliphatic rings. The summed E-state index contributed by atoms with van der Waals surface area (Å²) < 4.78 is 0.967. The van der Waals surface area contributed by atoms with E-state index < -0.39 is 0 Å². The summed E-state index contributed by atoms with van der Waals surface area (Å²) in [6, 6.07) is 14.5. The second-order valence-electron chi connectivity index (χ2n) is 6.97. The number of rotatable bonds is 2. The summed E-state index contributed by atoms with van der Waals surface area (Å²) >= 11 is 3.54. The predicted molar refractivity (Wildman–Crippen MR) is 109 cm³/mol. The molecule has 2 amide bonds. The fraction of sp³-hybridized carbons (Fsp3) is 0.350. The van der Waals surface area contributed by atoms with Crippen molar-refractivity contribution in [2.75, 3.05) is 50.4 Å². The molecule has 0 aliphatic carbocycles. The van der Waals surface area contributed by atoms with Gasteiger partial charge in [0.2, 0.25) is 0 Å². The van der Waals surface area contributed by atoms with Crippen molar-refractivity contribution in [1.29, 1.82) is 0 Å². The lowest BCUT2D eigenvalue weighted by Gasteiger charge is -2.32. The van der Waals surface area contributed by atoms with Gasteiger partial charge in [0.15, 0.2) is 0 Å². The first kappa shape index (κ1) is 17.4. The Hall–Kier alpha value is -2.05. The molecule has 1 saturated heterocycles. The van der Waals surface area contributed by atoms with Crippen molar-refractivity contribution in [3.8, 4) is 0 Å². The molecule has 2 aromatic rings. The number of piperazine rings is 1. The molecule has 136 valence electrons. The maximum Gasteiger partial charge on any atom is 0.321 e. The van der Waals surface area contributed by atoms with Crippen molar-refractivity contribution in [2.24, 2.45) is 0 Å². The van der Waals surface area contributed by atoms with Gasteiger partial charge in [-0.15, -0.1) is 0 Å². The third-order valence-electron chi connectivity index (χ3n) is 5.26. The molecule has 2 N–H and O–H groups in total. The first-order valence-electron chi connectivity index (χ1n) is 8.98. The van der Waals surface area contributed by atoms with Crippen LogP contribution in [0.2, 0.25) is 0 Å². The molecule has 1 fully saturated rings. The summed E-state index contributed by atoms with van der Waals surface area (Å²) in [5.74, 6) is 0.238. The maximum atomic E-state index is 12.8.